The molecule has 0 aliphatic heterocycles. The van der Waals surface area contributed by atoms with Gasteiger partial charge in [0.1, 0.15) is 19.3 Å². The Morgan fingerprint density at radius 1 is 0.547 bits per heavy atom. The van der Waals surface area contributed by atoms with E-state index in [9.17, 15) is 19.0 Å². The molecule has 0 rings (SSSR count). The van der Waals surface area contributed by atoms with Crippen LogP contribution in [0, 0.1) is 0 Å². The van der Waals surface area contributed by atoms with Crippen molar-refractivity contribution in [1.82, 2.24) is 5.32 Å². The van der Waals surface area contributed by atoms with E-state index in [1.54, 1.807) is 0 Å². The number of nitrogens with zero attached hydrogens (tertiary/aromatic N) is 1. The zero-order chi connectivity index (χ0) is 47.3. The number of rotatable bonds is 48. The Bertz CT molecular complexity index is 1200. The Labute approximate surface area is 396 Å². The van der Waals surface area contributed by atoms with Gasteiger partial charge in [0.25, 0.3) is 0 Å². The molecule has 0 spiro atoms. The van der Waals surface area contributed by atoms with E-state index in [2.05, 4.69) is 50.4 Å². The second-order valence-electron chi connectivity index (χ2n) is 19.4. The fourth-order valence-electron chi connectivity index (χ4n) is 7.64. The second-order valence-corrected chi connectivity index (χ2v) is 20.9. The molecule has 10 heteroatoms. The normalized spacial score (nSPS) is 14.2. The van der Waals surface area contributed by atoms with Crippen LogP contribution < -0.4 is 5.32 Å². The molecule has 0 aromatic heterocycles. The number of hydrogen-bond acceptors (Lipinski definition) is 6. The predicted molar refractivity (Wildman–Crippen MR) is 272 cm³/mol. The first kappa shape index (κ1) is 62.2. The molecule has 0 heterocycles. The molecular formula is C54H104N2O7P+. The van der Waals surface area contributed by atoms with Gasteiger partial charge in [0.05, 0.1) is 33.8 Å². The first-order valence-corrected chi connectivity index (χ1v) is 28.3. The minimum Gasteiger partial charge on any atom is -0.456 e. The molecule has 2 N–H and O–H groups in total. The molecule has 3 atom stereocenters. The van der Waals surface area contributed by atoms with Gasteiger partial charge in [0.2, 0.25) is 5.91 Å². The maximum absolute atomic E-state index is 13.4. The number of carbonyl (C=O) groups is 2. The van der Waals surface area contributed by atoms with Crippen molar-refractivity contribution in [3.63, 3.8) is 0 Å². The number of phosphoric acid groups is 1. The molecule has 0 saturated carbocycles. The highest BCUT2D eigenvalue weighted by Crippen LogP contribution is 2.43. The molecule has 3 unspecified atom stereocenters. The highest BCUT2D eigenvalue weighted by atomic mass is 31.2. The van der Waals surface area contributed by atoms with Crippen molar-refractivity contribution in [3.05, 3.63) is 36.5 Å². The van der Waals surface area contributed by atoms with Crippen LogP contribution in [0.4, 0.5) is 0 Å². The van der Waals surface area contributed by atoms with Gasteiger partial charge in [0.15, 0.2) is 0 Å². The first-order valence-electron chi connectivity index (χ1n) is 26.8. The largest absolute Gasteiger partial charge is 0.472 e. The monoisotopic (exact) mass is 924 g/mol. The number of likely N-dealkylation sites (N-methyl/N-ethyl adjacent to an activating group) is 1. The molecule has 376 valence electrons. The van der Waals surface area contributed by atoms with Crippen molar-refractivity contribution in [2.75, 3.05) is 40.9 Å². The van der Waals surface area contributed by atoms with Crippen LogP contribution in [0.5, 0.6) is 0 Å². The number of esters is 1. The van der Waals surface area contributed by atoms with E-state index >= 15 is 0 Å². The molecule has 9 nitrogen and oxygen atoms in total. The average Bonchev–Trinajstić information content (AvgIpc) is 3.25. The Morgan fingerprint density at radius 2 is 0.938 bits per heavy atom. The summed E-state index contributed by atoms with van der Waals surface area (Å²) in [4.78, 5) is 37.4. The van der Waals surface area contributed by atoms with Crippen LogP contribution in [0.2, 0.25) is 0 Å². The fourth-order valence-corrected chi connectivity index (χ4v) is 8.37. The highest BCUT2D eigenvalue weighted by Gasteiger charge is 2.30. The molecule has 0 aliphatic carbocycles. The van der Waals surface area contributed by atoms with E-state index < -0.39 is 20.0 Å². The molecule has 0 aromatic rings. The molecule has 0 saturated heterocycles. The van der Waals surface area contributed by atoms with Gasteiger partial charge in [-0.25, -0.2) is 4.57 Å². The van der Waals surface area contributed by atoms with Gasteiger partial charge in [-0.1, -0.05) is 212 Å². The molecule has 64 heavy (non-hydrogen) atoms. The topological polar surface area (TPSA) is 111 Å². The third kappa shape index (κ3) is 45.4. The van der Waals surface area contributed by atoms with Crippen LogP contribution in [0.1, 0.15) is 245 Å². The Kier molecular flexibility index (Phi) is 43.8. The Balaban J connectivity index is 5.41. The van der Waals surface area contributed by atoms with Gasteiger partial charge >= 0.3 is 13.8 Å². The van der Waals surface area contributed by atoms with Gasteiger partial charge in [-0.2, -0.15) is 0 Å². The van der Waals surface area contributed by atoms with E-state index in [0.29, 0.717) is 23.9 Å². The molecule has 1 amide bonds. The van der Waals surface area contributed by atoms with Crippen molar-refractivity contribution in [1.29, 1.82) is 0 Å². The number of ether oxygens (including phenoxy) is 1. The average molecular weight is 924 g/mol. The van der Waals surface area contributed by atoms with Crippen molar-refractivity contribution in [2.24, 2.45) is 0 Å². The number of nitrogens with one attached hydrogen (secondary N) is 1. The Hall–Kier alpha value is -1.77. The number of amides is 1. The minimum atomic E-state index is -4.44. The van der Waals surface area contributed by atoms with E-state index in [-0.39, 0.29) is 25.1 Å². The zero-order valence-electron chi connectivity index (χ0n) is 42.8. The molecular weight excluding hydrogens is 820 g/mol. The lowest BCUT2D eigenvalue weighted by atomic mass is 10.0. The third-order valence-corrected chi connectivity index (χ3v) is 12.8. The summed E-state index contributed by atoms with van der Waals surface area (Å²) in [5.74, 6) is -0.515. The number of unbranched alkanes of at least 4 members (excludes halogenated alkanes) is 29. The van der Waals surface area contributed by atoms with Gasteiger partial charge < -0.3 is 19.4 Å². The smallest absolute Gasteiger partial charge is 0.456 e. The fraction of sp³-hybridized carbons (Fsp3) is 0.852. The summed E-state index contributed by atoms with van der Waals surface area (Å²) >= 11 is 0. The quantitative estimate of drug-likeness (QED) is 0.0156. The van der Waals surface area contributed by atoms with Gasteiger partial charge in [-0.3, -0.25) is 18.6 Å². The van der Waals surface area contributed by atoms with Crippen LogP contribution in [-0.4, -0.2) is 74.3 Å². The predicted octanol–water partition coefficient (Wildman–Crippen LogP) is 15.6. The van der Waals surface area contributed by atoms with E-state index in [4.69, 9.17) is 13.8 Å². The SMILES string of the molecule is CCCCC/C=C/C=C/CCCCCCCCC(=O)NC(COP(=O)(O)OCC[N+](C)(C)C)C(/C=C/CCCCCCCCCCCC)OC(=O)CCCCCCCCCCCCC. The summed E-state index contributed by atoms with van der Waals surface area (Å²) in [7, 11) is 1.49. The van der Waals surface area contributed by atoms with E-state index in [1.807, 2.05) is 33.3 Å². The lowest BCUT2D eigenvalue weighted by molar-refractivity contribution is -0.870. The molecule has 0 fully saturated rings. The standard InChI is InChI=1S/C54H103N2O7P/c1-7-10-13-16-19-22-25-27-28-29-32-34-37-40-43-46-53(57)55-51(50-62-64(59,60)61-49-48-56(4,5)6)52(45-42-39-36-33-31-26-23-20-17-14-11-8-2)63-54(58)47-44-41-38-35-30-24-21-18-15-12-9-3/h19,22,25,27,42,45,51-52H,7-18,20-21,23-24,26,28-41,43-44,46-50H2,1-6H3,(H-,55,57,59,60)/p+1/b22-19+,27-25+,45-42+. The maximum Gasteiger partial charge on any atom is 0.472 e. The van der Waals surface area contributed by atoms with Crippen LogP contribution in [0.25, 0.3) is 0 Å². The lowest BCUT2D eigenvalue weighted by Gasteiger charge is -2.27. The first-order chi connectivity index (χ1) is 30.9. The number of carbonyl (C=O) groups excluding carboxylic acids is 2. The van der Waals surface area contributed by atoms with Crippen LogP contribution in [0.3, 0.4) is 0 Å². The number of hydrogen-bond donors (Lipinski definition) is 2. The van der Waals surface area contributed by atoms with Gasteiger partial charge in [-0.15, -0.1) is 0 Å². The van der Waals surface area contributed by atoms with Crippen LogP contribution in [0.15, 0.2) is 36.5 Å². The van der Waals surface area contributed by atoms with Gasteiger partial charge in [-0.05, 0) is 57.4 Å². The molecule has 0 bridgehead atoms. The van der Waals surface area contributed by atoms with Crippen molar-refractivity contribution in [3.8, 4) is 0 Å². The maximum atomic E-state index is 13.4. The van der Waals surface area contributed by atoms with Crippen molar-refractivity contribution < 1.29 is 37.3 Å². The minimum absolute atomic E-state index is 0.0394. The summed E-state index contributed by atoms with van der Waals surface area (Å²) in [6.07, 6.45) is 51.3. The van der Waals surface area contributed by atoms with Crippen molar-refractivity contribution in [2.45, 2.75) is 258 Å². The van der Waals surface area contributed by atoms with Crippen LogP contribution >= 0.6 is 7.82 Å². The van der Waals surface area contributed by atoms with Crippen LogP contribution in [-0.2, 0) is 27.9 Å². The summed E-state index contributed by atoms with van der Waals surface area (Å²) in [6.45, 7) is 6.96. The summed E-state index contributed by atoms with van der Waals surface area (Å²) in [6, 6.07) is -0.848. The molecule has 0 radical (unpaired) electrons. The van der Waals surface area contributed by atoms with E-state index in [0.717, 1.165) is 77.0 Å². The highest BCUT2D eigenvalue weighted by molar-refractivity contribution is 7.47. The number of allylic oxidation sites excluding steroid dienone is 5. The summed E-state index contributed by atoms with van der Waals surface area (Å²) in [5.41, 5.74) is 0. The summed E-state index contributed by atoms with van der Waals surface area (Å²) < 4.78 is 30.5. The second kappa shape index (κ2) is 45.0. The Morgan fingerprint density at radius 3 is 1.41 bits per heavy atom. The summed E-state index contributed by atoms with van der Waals surface area (Å²) in [5, 5.41) is 3.03. The number of quaternary nitrogens is 1. The lowest BCUT2D eigenvalue weighted by Crippen LogP contribution is -2.47. The zero-order valence-corrected chi connectivity index (χ0v) is 43.7. The van der Waals surface area contributed by atoms with E-state index in [1.165, 1.54) is 135 Å². The third-order valence-electron chi connectivity index (χ3n) is 11.9. The van der Waals surface area contributed by atoms with Gasteiger partial charge in [0, 0.05) is 12.8 Å². The molecule has 0 aliphatic rings. The van der Waals surface area contributed by atoms with Crippen molar-refractivity contribution >= 4 is 19.7 Å². The molecule has 0 aromatic carbocycles. The number of phosphoric ester groups is 1.